The summed E-state index contributed by atoms with van der Waals surface area (Å²) in [7, 11) is 1.36. The molecule has 27 heavy (non-hydrogen) atoms. The lowest BCUT2D eigenvalue weighted by Crippen LogP contribution is -2.56. The van der Waals surface area contributed by atoms with E-state index >= 15 is 0 Å². The van der Waals surface area contributed by atoms with Gasteiger partial charge in [-0.15, -0.1) is 11.3 Å². The van der Waals surface area contributed by atoms with Crippen LogP contribution in [0.4, 0.5) is 0 Å². The van der Waals surface area contributed by atoms with Gasteiger partial charge in [0.05, 0.1) is 17.8 Å². The first kappa shape index (κ1) is 19.4. The maximum absolute atomic E-state index is 12.8. The average molecular weight is 388 g/mol. The predicted octanol–water partition coefficient (Wildman–Crippen LogP) is 3.64. The van der Waals surface area contributed by atoms with Gasteiger partial charge in [0.25, 0.3) is 5.91 Å². The zero-order valence-corrected chi connectivity index (χ0v) is 16.4. The highest BCUT2D eigenvalue weighted by molar-refractivity contribution is 7.09. The monoisotopic (exact) mass is 388 g/mol. The van der Waals surface area contributed by atoms with Crippen LogP contribution in [0.3, 0.4) is 0 Å². The molecule has 144 valence electrons. The standard InChI is InChI=1S/C20H24N2O4S/c1-14-21-16(13-27-14)12-26-17-8-6-7-15(11-17)18(23)22-20(19(24)25-2)9-4-3-5-10-20/h6-8,11,13H,3-5,9-10,12H2,1-2H3,(H,22,23). The molecule has 1 fully saturated rings. The minimum atomic E-state index is -0.931. The molecule has 0 aliphatic heterocycles. The lowest BCUT2D eigenvalue weighted by Gasteiger charge is -2.35. The molecule has 0 bridgehead atoms. The van der Waals surface area contributed by atoms with Crippen molar-refractivity contribution >= 4 is 23.2 Å². The number of thiazole rings is 1. The number of benzene rings is 1. The smallest absolute Gasteiger partial charge is 0.331 e. The van der Waals surface area contributed by atoms with Gasteiger partial charge < -0.3 is 14.8 Å². The Morgan fingerprint density at radius 3 is 2.70 bits per heavy atom. The van der Waals surface area contributed by atoms with Crippen molar-refractivity contribution in [1.82, 2.24) is 10.3 Å². The van der Waals surface area contributed by atoms with Crippen molar-refractivity contribution in [2.45, 2.75) is 51.2 Å². The molecule has 0 spiro atoms. The number of methoxy groups -OCH3 is 1. The Labute approximate surface area is 162 Å². The van der Waals surface area contributed by atoms with Crippen molar-refractivity contribution in [3.63, 3.8) is 0 Å². The van der Waals surface area contributed by atoms with E-state index in [1.165, 1.54) is 7.11 Å². The number of carbonyl (C=O) groups excluding carboxylic acids is 2. The number of amides is 1. The van der Waals surface area contributed by atoms with Gasteiger partial charge in [0.2, 0.25) is 0 Å². The maximum atomic E-state index is 12.8. The van der Waals surface area contributed by atoms with Crippen LogP contribution in [0.5, 0.6) is 5.75 Å². The fourth-order valence-corrected chi connectivity index (χ4v) is 3.98. The molecule has 1 aliphatic rings. The van der Waals surface area contributed by atoms with Crippen LogP contribution in [0.2, 0.25) is 0 Å². The number of nitrogens with zero attached hydrogens (tertiary/aromatic N) is 1. The minimum absolute atomic E-state index is 0.294. The predicted molar refractivity (Wildman–Crippen MR) is 103 cm³/mol. The molecule has 2 aromatic rings. The molecule has 1 amide bonds. The number of esters is 1. The highest BCUT2D eigenvalue weighted by Gasteiger charge is 2.42. The van der Waals surface area contributed by atoms with E-state index in [0.717, 1.165) is 30.0 Å². The van der Waals surface area contributed by atoms with Crippen LogP contribution in [0.1, 0.15) is 53.2 Å². The first-order valence-electron chi connectivity index (χ1n) is 9.07. The molecule has 3 rings (SSSR count). The quantitative estimate of drug-likeness (QED) is 0.765. The summed E-state index contributed by atoms with van der Waals surface area (Å²) in [5.41, 5.74) is 0.383. The zero-order chi connectivity index (χ0) is 19.3. The first-order valence-corrected chi connectivity index (χ1v) is 9.95. The zero-order valence-electron chi connectivity index (χ0n) is 15.6. The van der Waals surface area contributed by atoms with Crippen molar-refractivity contribution in [2.24, 2.45) is 0 Å². The third-order valence-corrected chi connectivity index (χ3v) is 5.61. The number of aromatic nitrogens is 1. The van der Waals surface area contributed by atoms with E-state index in [1.807, 2.05) is 12.3 Å². The van der Waals surface area contributed by atoms with E-state index in [-0.39, 0.29) is 11.9 Å². The summed E-state index contributed by atoms with van der Waals surface area (Å²) in [6.45, 7) is 2.29. The molecule has 1 saturated carbocycles. The highest BCUT2D eigenvalue weighted by Crippen LogP contribution is 2.30. The van der Waals surface area contributed by atoms with Gasteiger partial charge in [0.15, 0.2) is 0 Å². The summed E-state index contributed by atoms with van der Waals surface area (Å²) in [4.78, 5) is 29.5. The number of aryl methyl sites for hydroxylation is 1. The Hall–Kier alpha value is -2.41. The van der Waals surface area contributed by atoms with E-state index in [1.54, 1.807) is 35.6 Å². The summed E-state index contributed by atoms with van der Waals surface area (Å²) < 4.78 is 10.7. The van der Waals surface area contributed by atoms with E-state index in [2.05, 4.69) is 10.3 Å². The molecule has 1 aromatic carbocycles. The van der Waals surface area contributed by atoms with Crippen molar-refractivity contribution in [2.75, 3.05) is 7.11 Å². The van der Waals surface area contributed by atoms with Crippen LogP contribution < -0.4 is 10.1 Å². The number of carbonyl (C=O) groups is 2. The van der Waals surface area contributed by atoms with Crippen LogP contribution in [-0.4, -0.2) is 29.5 Å². The fourth-order valence-electron chi connectivity index (χ4n) is 3.38. The molecule has 0 radical (unpaired) electrons. The summed E-state index contributed by atoms with van der Waals surface area (Å²) in [5.74, 6) is -0.0804. The number of nitrogens with one attached hydrogen (secondary N) is 1. The maximum Gasteiger partial charge on any atom is 0.331 e. The first-order chi connectivity index (χ1) is 13.0. The van der Waals surface area contributed by atoms with Crippen LogP contribution in [0.15, 0.2) is 29.6 Å². The van der Waals surface area contributed by atoms with Crippen LogP contribution in [-0.2, 0) is 16.1 Å². The van der Waals surface area contributed by atoms with E-state index in [0.29, 0.717) is 30.8 Å². The van der Waals surface area contributed by atoms with Crippen molar-refractivity contribution in [3.05, 3.63) is 45.9 Å². The SMILES string of the molecule is COC(=O)C1(NC(=O)c2cccc(OCc3csc(C)n3)c2)CCCCC1. The molecule has 0 unspecified atom stereocenters. The second-order valence-corrected chi connectivity index (χ2v) is 7.83. The molecular weight excluding hydrogens is 364 g/mol. The average Bonchev–Trinajstić information content (AvgIpc) is 3.12. The van der Waals surface area contributed by atoms with Gasteiger partial charge in [-0.05, 0) is 38.0 Å². The summed E-state index contributed by atoms with van der Waals surface area (Å²) in [6.07, 6.45) is 4.06. The van der Waals surface area contributed by atoms with Gasteiger partial charge in [0.1, 0.15) is 17.9 Å². The lowest BCUT2D eigenvalue weighted by molar-refractivity contribution is -0.149. The Bertz CT molecular complexity index is 812. The second kappa shape index (κ2) is 8.52. The van der Waals surface area contributed by atoms with E-state index in [4.69, 9.17) is 9.47 Å². The molecule has 0 saturated heterocycles. The van der Waals surface area contributed by atoms with Gasteiger partial charge in [-0.1, -0.05) is 25.3 Å². The van der Waals surface area contributed by atoms with Crippen molar-refractivity contribution in [1.29, 1.82) is 0 Å². The number of hydrogen-bond acceptors (Lipinski definition) is 6. The third kappa shape index (κ3) is 4.66. The molecule has 1 aromatic heterocycles. The van der Waals surface area contributed by atoms with Crippen molar-refractivity contribution < 1.29 is 19.1 Å². The molecular formula is C20H24N2O4S. The Kier molecular flexibility index (Phi) is 6.11. The number of ether oxygens (including phenoxy) is 2. The normalized spacial score (nSPS) is 15.8. The van der Waals surface area contributed by atoms with Gasteiger partial charge >= 0.3 is 5.97 Å². The van der Waals surface area contributed by atoms with E-state index < -0.39 is 5.54 Å². The Morgan fingerprint density at radius 1 is 1.26 bits per heavy atom. The largest absolute Gasteiger partial charge is 0.487 e. The van der Waals surface area contributed by atoms with Gasteiger partial charge in [-0.3, -0.25) is 4.79 Å². The summed E-state index contributed by atoms with van der Waals surface area (Å²) in [6, 6.07) is 6.96. The topological polar surface area (TPSA) is 77.5 Å². The third-order valence-electron chi connectivity index (χ3n) is 4.79. The molecule has 7 heteroatoms. The number of rotatable bonds is 6. The molecule has 1 N–H and O–H groups in total. The fraction of sp³-hybridized carbons (Fsp3) is 0.450. The molecule has 0 atom stereocenters. The van der Waals surface area contributed by atoms with Crippen molar-refractivity contribution in [3.8, 4) is 5.75 Å². The van der Waals surface area contributed by atoms with Crippen LogP contribution in [0, 0.1) is 6.92 Å². The van der Waals surface area contributed by atoms with Gasteiger partial charge in [-0.25, -0.2) is 9.78 Å². The highest BCUT2D eigenvalue weighted by atomic mass is 32.1. The molecule has 1 heterocycles. The lowest BCUT2D eigenvalue weighted by atomic mass is 9.81. The molecule has 1 aliphatic carbocycles. The number of hydrogen-bond donors (Lipinski definition) is 1. The van der Waals surface area contributed by atoms with Crippen LogP contribution >= 0.6 is 11.3 Å². The van der Waals surface area contributed by atoms with Gasteiger partial charge in [-0.2, -0.15) is 0 Å². The van der Waals surface area contributed by atoms with E-state index in [9.17, 15) is 9.59 Å². The summed E-state index contributed by atoms with van der Waals surface area (Å²) >= 11 is 1.57. The molecule has 6 nitrogen and oxygen atoms in total. The van der Waals surface area contributed by atoms with Gasteiger partial charge in [0, 0.05) is 10.9 Å². The Morgan fingerprint density at radius 2 is 2.04 bits per heavy atom. The Balaban J connectivity index is 1.69. The second-order valence-electron chi connectivity index (χ2n) is 6.76. The van der Waals surface area contributed by atoms with Crippen LogP contribution in [0.25, 0.3) is 0 Å². The minimum Gasteiger partial charge on any atom is -0.487 e. The summed E-state index contributed by atoms with van der Waals surface area (Å²) in [5, 5.41) is 5.87.